The van der Waals surface area contributed by atoms with Crippen molar-refractivity contribution in [2.24, 2.45) is 17.8 Å². The van der Waals surface area contributed by atoms with Gasteiger partial charge in [-0.15, -0.1) is 0 Å². The number of rotatable bonds is 6. The molecule has 2 saturated carbocycles. The Labute approximate surface area is 150 Å². The third kappa shape index (κ3) is 3.69. The number of carbonyl (C=O) groups excluding carboxylic acids is 1. The van der Waals surface area contributed by atoms with Gasteiger partial charge in [0.25, 0.3) is 5.91 Å². The molecule has 0 aromatic heterocycles. The predicted molar refractivity (Wildman–Crippen MR) is 96.8 cm³/mol. The number of ether oxygens (including phenoxy) is 2. The predicted octanol–water partition coefficient (Wildman–Crippen LogP) is 3.80. The molecule has 1 saturated heterocycles. The Morgan fingerprint density at radius 3 is 2.88 bits per heavy atom. The van der Waals surface area contributed by atoms with E-state index >= 15 is 0 Å². The first-order valence-electron chi connectivity index (χ1n) is 9.85. The standard InChI is InChI=1S/C21H29NO3/c1-14(19-12-15-8-9-16(19)11-15)22-21(23)18-6-2-3-7-20(18)25-13-17-5-4-10-24-17/h2-3,6-7,14-17,19H,4-5,8-13H2,1H3,(H,22,23)/t14-,15-,16-,17-,19+/m0/s1. The minimum atomic E-state index is -0.0155. The second kappa shape index (κ2) is 7.36. The quantitative estimate of drug-likeness (QED) is 0.855. The van der Waals surface area contributed by atoms with Crippen molar-refractivity contribution in [1.82, 2.24) is 5.32 Å². The summed E-state index contributed by atoms with van der Waals surface area (Å²) < 4.78 is 11.5. The van der Waals surface area contributed by atoms with Crippen LogP contribution in [0.2, 0.25) is 0 Å². The monoisotopic (exact) mass is 343 g/mol. The minimum Gasteiger partial charge on any atom is -0.490 e. The number of carbonyl (C=O) groups is 1. The lowest BCUT2D eigenvalue weighted by Gasteiger charge is -2.28. The van der Waals surface area contributed by atoms with Crippen LogP contribution in [-0.4, -0.2) is 31.3 Å². The molecule has 1 amide bonds. The van der Waals surface area contributed by atoms with Crippen LogP contribution in [0.15, 0.2) is 24.3 Å². The Bertz CT molecular complexity index is 611. The van der Waals surface area contributed by atoms with Gasteiger partial charge < -0.3 is 14.8 Å². The lowest BCUT2D eigenvalue weighted by Crippen LogP contribution is -2.40. The lowest BCUT2D eigenvalue weighted by atomic mass is 9.84. The first-order valence-corrected chi connectivity index (χ1v) is 9.85. The molecule has 1 N–H and O–H groups in total. The summed E-state index contributed by atoms with van der Waals surface area (Å²) in [6, 6.07) is 7.78. The average Bonchev–Trinajstić information content (AvgIpc) is 3.37. The minimum absolute atomic E-state index is 0.0155. The maximum absolute atomic E-state index is 12.8. The lowest BCUT2D eigenvalue weighted by molar-refractivity contribution is 0.0669. The van der Waals surface area contributed by atoms with Gasteiger partial charge in [-0.1, -0.05) is 18.6 Å². The van der Waals surface area contributed by atoms with Crippen LogP contribution in [0.5, 0.6) is 5.75 Å². The molecule has 1 aliphatic heterocycles. The van der Waals surface area contributed by atoms with Crippen molar-refractivity contribution in [3.05, 3.63) is 29.8 Å². The molecule has 5 atom stereocenters. The molecular weight excluding hydrogens is 314 g/mol. The van der Waals surface area contributed by atoms with E-state index in [1.165, 1.54) is 25.7 Å². The van der Waals surface area contributed by atoms with E-state index in [4.69, 9.17) is 9.47 Å². The molecular formula is C21H29NO3. The summed E-state index contributed by atoms with van der Waals surface area (Å²) in [6.45, 7) is 3.50. The highest BCUT2D eigenvalue weighted by Crippen LogP contribution is 2.49. The number of hydrogen-bond acceptors (Lipinski definition) is 3. The fraction of sp³-hybridized carbons (Fsp3) is 0.667. The number of para-hydroxylation sites is 1. The van der Waals surface area contributed by atoms with Gasteiger partial charge in [0.1, 0.15) is 12.4 Å². The van der Waals surface area contributed by atoms with E-state index in [0.29, 0.717) is 23.8 Å². The van der Waals surface area contributed by atoms with Gasteiger partial charge >= 0.3 is 0 Å². The molecule has 4 rings (SSSR count). The van der Waals surface area contributed by atoms with E-state index in [-0.39, 0.29) is 18.1 Å². The van der Waals surface area contributed by atoms with Crippen LogP contribution in [0.1, 0.15) is 55.8 Å². The molecule has 2 bridgehead atoms. The normalized spacial score (nSPS) is 31.9. The molecule has 3 aliphatic rings. The summed E-state index contributed by atoms with van der Waals surface area (Å²) in [5, 5.41) is 3.24. The highest BCUT2D eigenvalue weighted by Gasteiger charge is 2.42. The fourth-order valence-corrected chi connectivity index (χ4v) is 5.04. The van der Waals surface area contributed by atoms with Gasteiger partial charge in [-0.05, 0) is 68.9 Å². The zero-order chi connectivity index (χ0) is 17.2. The van der Waals surface area contributed by atoms with E-state index in [2.05, 4.69) is 12.2 Å². The smallest absolute Gasteiger partial charge is 0.255 e. The van der Waals surface area contributed by atoms with Crippen molar-refractivity contribution in [3.8, 4) is 5.75 Å². The van der Waals surface area contributed by atoms with Gasteiger partial charge in [0, 0.05) is 12.6 Å². The van der Waals surface area contributed by atoms with Gasteiger partial charge in [0.05, 0.1) is 11.7 Å². The molecule has 1 heterocycles. The average molecular weight is 343 g/mol. The second-order valence-electron chi connectivity index (χ2n) is 8.04. The third-order valence-electron chi connectivity index (χ3n) is 6.37. The van der Waals surface area contributed by atoms with Crippen LogP contribution < -0.4 is 10.1 Å². The van der Waals surface area contributed by atoms with Crippen molar-refractivity contribution in [2.75, 3.05) is 13.2 Å². The van der Waals surface area contributed by atoms with E-state index in [1.807, 2.05) is 24.3 Å². The van der Waals surface area contributed by atoms with Crippen molar-refractivity contribution >= 4 is 5.91 Å². The fourth-order valence-electron chi connectivity index (χ4n) is 5.04. The number of fused-ring (bicyclic) bond motifs is 2. The van der Waals surface area contributed by atoms with Crippen molar-refractivity contribution in [2.45, 2.75) is 57.6 Å². The maximum Gasteiger partial charge on any atom is 0.255 e. The Balaban J connectivity index is 1.37. The molecule has 0 radical (unpaired) electrons. The first-order chi connectivity index (χ1) is 12.2. The topological polar surface area (TPSA) is 47.6 Å². The third-order valence-corrected chi connectivity index (χ3v) is 6.37. The van der Waals surface area contributed by atoms with Gasteiger partial charge in [0.2, 0.25) is 0 Å². The summed E-state index contributed by atoms with van der Waals surface area (Å²) >= 11 is 0. The van der Waals surface area contributed by atoms with E-state index in [9.17, 15) is 4.79 Å². The van der Waals surface area contributed by atoms with E-state index < -0.39 is 0 Å². The van der Waals surface area contributed by atoms with Crippen LogP contribution in [0, 0.1) is 17.8 Å². The van der Waals surface area contributed by atoms with Gasteiger partial charge in [-0.3, -0.25) is 4.79 Å². The maximum atomic E-state index is 12.8. The summed E-state index contributed by atoms with van der Waals surface area (Å²) in [4.78, 5) is 12.8. The molecule has 25 heavy (non-hydrogen) atoms. The zero-order valence-electron chi connectivity index (χ0n) is 15.1. The van der Waals surface area contributed by atoms with Crippen molar-refractivity contribution in [3.63, 3.8) is 0 Å². The van der Waals surface area contributed by atoms with Gasteiger partial charge in [-0.2, -0.15) is 0 Å². The Morgan fingerprint density at radius 2 is 2.16 bits per heavy atom. The Kier molecular flexibility index (Phi) is 4.98. The molecule has 136 valence electrons. The number of benzene rings is 1. The largest absolute Gasteiger partial charge is 0.490 e. The number of hydrogen-bond donors (Lipinski definition) is 1. The van der Waals surface area contributed by atoms with Crippen LogP contribution in [-0.2, 0) is 4.74 Å². The Morgan fingerprint density at radius 1 is 1.28 bits per heavy atom. The highest BCUT2D eigenvalue weighted by atomic mass is 16.5. The van der Waals surface area contributed by atoms with Crippen LogP contribution in [0.4, 0.5) is 0 Å². The van der Waals surface area contributed by atoms with Crippen molar-refractivity contribution < 1.29 is 14.3 Å². The summed E-state index contributed by atoms with van der Waals surface area (Å²) in [7, 11) is 0. The van der Waals surface area contributed by atoms with Crippen LogP contribution in [0.25, 0.3) is 0 Å². The van der Waals surface area contributed by atoms with Gasteiger partial charge in [0.15, 0.2) is 0 Å². The zero-order valence-corrected chi connectivity index (χ0v) is 15.1. The Hall–Kier alpha value is -1.55. The molecule has 4 heteroatoms. The van der Waals surface area contributed by atoms with Crippen molar-refractivity contribution in [1.29, 1.82) is 0 Å². The summed E-state index contributed by atoms with van der Waals surface area (Å²) in [6.07, 6.45) is 7.67. The van der Waals surface area contributed by atoms with E-state index in [0.717, 1.165) is 31.3 Å². The molecule has 0 unspecified atom stereocenters. The highest BCUT2D eigenvalue weighted by molar-refractivity contribution is 5.97. The van der Waals surface area contributed by atoms with Gasteiger partial charge in [-0.25, -0.2) is 0 Å². The SMILES string of the molecule is C[C@H](NC(=O)c1ccccc1OC[C@@H]1CCCO1)[C@H]1C[C@H]2CC[C@H]1C2. The van der Waals surface area contributed by atoms with E-state index in [1.54, 1.807) is 0 Å². The summed E-state index contributed by atoms with van der Waals surface area (Å²) in [5.41, 5.74) is 0.635. The second-order valence-corrected chi connectivity index (χ2v) is 8.04. The molecule has 1 aromatic carbocycles. The number of amides is 1. The van der Waals surface area contributed by atoms with Crippen LogP contribution >= 0.6 is 0 Å². The summed E-state index contributed by atoms with van der Waals surface area (Å²) in [5.74, 6) is 3.00. The molecule has 3 fully saturated rings. The first kappa shape index (κ1) is 16.9. The van der Waals surface area contributed by atoms with Crippen LogP contribution in [0.3, 0.4) is 0 Å². The molecule has 1 aromatic rings. The molecule has 4 nitrogen and oxygen atoms in total. The number of nitrogens with one attached hydrogen (secondary N) is 1. The molecule has 0 spiro atoms. The molecule has 2 aliphatic carbocycles.